The van der Waals surface area contributed by atoms with Gasteiger partial charge in [-0.05, 0) is 37.1 Å². The lowest BCUT2D eigenvalue weighted by Gasteiger charge is -2.24. The Hall–Kier alpha value is -6.14. The number of nitrogens with zero attached hydrogens (tertiary/aromatic N) is 6. The molecular weight excluding hydrogens is 802 g/mol. The summed E-state index contributed by atoms with van der Waals surface area (Å²) in [6, 6.07) is 4.99. The average Bonchev–Trinajstić information content (AvgIpc) is 3.29. The van der Waals surface area contributed by atoms with E-state index in [0.29, 0.717) is 57.1 Å². The van der Waals surface area contributed by atoms with Crippen molar-refractivity contribution in [1.82, 2.24) is 45.3 Å². The molecule has 1 atom stereocenters. The van der Waals surface area contributed by atoms with E-state index in [1.807, 2.05) is 4.90 Å². The summed E-state index contributed by atoms with van der Waals surface area (Å²) in [6.45, 7) is 3.79. The Morgan fingerprint density at radius 1 is 0.803 bits per heavy atom. The van der Waals surface area contributed by atoms with Gasteiger partial charge >= 0.3 is 17.9 Å². The van der Waals surface area contributed by atoms with E-state index in [1.54, 1.807) is 21.9 Å². The van der Waals surface area contributed by atoms with Crippen LogP contribution in [0.15, 0.2) is 35.3 Å². The van der Waals surface area contributed by atoms with Crippen LogP contribution in [-0.2, 0) is 40.0 Å². The molecule has 1 aliphatic rings. The van der Waals surface area contributed by atoms with E-state index >= 15 is 0 Å². The van der Waals surface area contributed by atoms with Crippen LogP contribution in [0.2, 0.25) is 0 Å². The van der Waals surface area contributed by atoms with Gasteiger partial charge in [-0.2, -0.15) is 4.98 Å². The molecule has 3 aromatic rings. The first-order valence-corrected chi connectivity index (χ1v) is 19.7. The largest absolute Gasteiger partial charge is 0.480 e. The number of carboxylic acid groups (broad SMARTS) is 3. The lowest BCUT2D eigenvalue weighted by Crippen LogP contribution is -2.43. The molecule has 2 aromatic heterocycles. The number of rotatable bonds is 25. The van der Waals surface area contributed by atoms with Gasteiger partial charge in [-0.3, -0.25) is 48.5 Å². The Balaban J connectivity index is 1.04. The molecular formula is C38H53N11O12. The van der Waals surface area contributed by atoms with Crippen LogP contribution >= 0.6 is 0 Å². The highest BCUT2D eigenvalue weighted by molar-refractivity contribution is 5.97. The van der Waals surface area contributed by atoms with Crippen molar-refractivity contribution in [3.63, 3.8) is 0 Å². The molecule has 3 heterocycles. The third-order valence-corrected chi connectivity index (χ3v) is 9.39. The summed E-state index contributed by atoms with van der Waals surface area (Å²) in [4.78, 5) is 104. The minimum atomic E-state index is -1.27. The van der Waals surface area contributed by atoms with Gasteiger partial charge in [-0.1, -0.05) is 0 Å². The molecule has 332 valence electrons. The van der Waals surface area contributed by atoms with E-state index in [-0.39, 0.29) is 113 Å². The summed E-state index contributed by atoms with van der Waals surface area (Å²) in [7, 11) is 0. The second kappa shape index (κ2) is 24.8. The SMILES string of the molecule is Nc1nc2ncc(CNc3ccc(C(=O)N[C@@H](CCC(=O)CCCOCCOCCNC(=O)CN4CCN(CC(=O)O)CCN(CC(=O)O)CC4)C(=O)O)cc3)nc2c(=O)[nH]1. The number of carbonyl (C=O) groups is 6. The molecule has 4 rings (SSSR count). The number of hydrogen-bond donors (Lipinski definition) is 8. The topological polar surface area (TPSA) is 325 Å². The molecule has 0 unspecified atom stereocenters. The highest BCUT2D eigenvalue weighted by Gasteiger charge is 2.23. The van der Waals surface area contributed by atoms with Crippen molar-refractivity contribution in [2.75, 3.05) is 103 Å². The lowest BCUT2D eigenvalue weighted by atomic mass is 10.1. The molecule has 0 radical (unpaired) electrons. The van der Waals surface area contributed by atoms with E-state index in [9.17, 15) is 48.9 Å². The van der Waals surface area contributed by atoms with Gasteiger partial charge in [0.05, 0.1) is 57.9 Å². The standard InChI is InChI=1S/C38H53N11O12/c39-38-45-34-33(36(57)46-38)43-27(21-42-34)20-41-26-5-3-25(4-6-26)35(56)44-29(37(58)59)8-7-28(50)2-1-16-60-18-19-61-17-9-40-30(51)22-47-10-12-48(23-31(52)53)14-15-49(13-11-47)24-32(54)55/h3-6,21,29,41H,1-2,7-20,22-24H2,(H,40,51)(H,44,56)(H,52,53)(H,54,55)(H,58,59)(H3,39,42,45,46,57)/t29-/m0/s1. The van der Waals surface area contributed by atoms with Gasteiger partial charge in [-0.15, -0.1) is 0 Å². The van der Waals surface area contributed by atoms with Gasteiger partial charge in [-0.25, -0.2) is 14.8 Å². The van der Waals surface area contributed by atoms with Gasteiger partial charge in [0.15, 0.2) is 11.2 Å². The molecule has 0 spiro atoms. The fourth-order valence-corrected chi connectivity index (χ4v) is 6.17. The minimum absolute atomic E-state index is 0.0432. The normalized spacial score (nSPS) is 14.6. The van der Waals surface area contributed by atoms with Gasteiger partial charge < -0.3 is 46.5 Å². The zero-order chi connectivity index (χ0) is 44.1. The molecule has 9 N–H and O–H groups in total. The number of ketones is 1. The number of nitrogens with two attached hydrogens (primary N) is 1. The molecule has 1 saturated heterocycles. The zero-order valence-corrected chi connectivity index (χ0v) is 33.7. The summed E-state index contributed by atoms with van der Waals surface area (Å²) in [5.41, 5.74) is 6.48. The van der Waals surface area contributed by atoms with Crippen molar-refractivity contribution in [2.24, 2.45) is 0 Å². The van der Waals surface area contributed by atoms with E-state index in [0.717, 1.165) is 0 Å². The number of benzene rings is 1. The molecule has 1 fully saturated rings. The van der Waals surface area contributed by atoms with Crippen molar-refractivity contribution in [1.29, 1.82) is 0 Å². The Morgan fingerprint density at radius 3 is 2.02 bits per heavy atom. The van der Waals surface area contributed by atoms with Crippen LogP contribution in [0, 0.1) is 0 Å². The van der Waals surface area contributed by atoms with Crippen LogP contribution < -0.4 is 27.2 Å². The minimum Gasteiger partial charge on any atom is -0.480 e. The number of carbonyl (C=O) groups excluding carboxylic acids is 3. The Bertz CT molecular complexity index is 1990. The monoisotopic (exact) mass is 855 g/mol. The van der Waals surface area contributed by atoms with Crippen LogP contribution in [-0.4, -0.2) is 183 Å². The number of H-pyrrole nitrogens is 1. The van der Waals surface area contributed by atoms with Crippen molar-refractivity contribution < 1.29 is 53.6 Å². The first-order valence-electron chi connectivity index (χ1n) is 19.7. The molecule has 23 nitrogen and oxygen atoms in total. The summed E-state index contributed by atoms with van der Waals surface area (Å²) in [5, 5.41) is 36.4. The fraction of sp³-hybridized carbons (Fsp3) is 0.526. The number of aromatic nitrogens is 4. The number of Topliss-reactive ketones (excluding diaryl/α,β-unsaturated/α-hetero) is 1. The predicted octanol–water partition coefficient (Wildman–Crippen LogP) is -1.54. The van der Waals surface area contributed by atoms with Gasteiger partial charge in [0.1, 0.15) is 11.8 Å². The highest BCUT2D eigenvalue weighted by Crippen LogP contribution is 2.13. The molecule has 0 saturated carbocycles. The summed E-state index contributed by atoms with van der Waals surface area (Å²) in [5.74, 6) is -4.32. The average molecular weight is 856 g/mol. The number of carboxylic acids is 3. The quantitative estimate of drug-likeness (QED) is 0.0448. The highest BCUT2D eigenvalue weighted by atomic mass is 16.5. The lowest BCUT2D eigenvalue weighted by molar-refractivity contribution is -0.140. The van der Waals surface area contributed by atoms with Gasteiger partial charge in [0.25, 0.3) is 11.5 Å². The number of fused-ring (bicyclic) bond motifs is 1. The van der Waals surface area contributed by atoms with Gasteiger partial charge in [0, 0.05) is 76.5 Å². The van der Waals surface area contributed by atoms with E-state index in [2.05, 4.69) is 35.9 Å². The Morgan fingerprint density at radius 2 is 1.41 bits per heavy atom. The third-order valence-electron chi connectivity index (χ3n) is 9.39. The molecule has 1 aliphatic heterocycles. The number of nitrogen functional groups attached to an aromatic ring is 1. The number of hydrogen-bond acceptors (Lipinski definition) is 17. The Labute approximate surface area is 350 Å². The zero-order valence-electron chi connectivity index (χ0n) is 33.7. The first kappa shape index (κ1) is 47.5. The molecule has 2 amide bonds. The van der Waals surface area contributed by atoms with Crippen molar-refractivity contribution in [2.45, 2.75) is 38.3 Å². The molecule has 61 heavy (non-hydrogen) atoms. The van der Waals surface area contributed by atoms with Crippen molar-refractivity contribution >= 4 is 58.3 Å². The number of amides is 2. The maximum atomic E-state index is 12.8. The fourth-order valence-electron chi connectivity index (χ4n) is 6.17. The van der Waals surface area contributed by atoms with E-state index in [1.165, 1.54) is 18.3 Å². The summed E-state index contributed by atoms with van der Waals surface area (Å²) in [6.07, 6.45) is 1.90. The molecule has 0 bridgehead atoms. The van der Waals surface area contributed by atoms with E-state index in [4.69, 9.17) is 15.2 Å². The van der Waals surface area contributed by atoms with Crippen LogP contribution in [0.4, 0.5) is 11.6 Å². The van der Waals surface area contributed by atoms with Crippen molar-refractivity contribution in [3.05, 3.63) is 52.1 Å². The number of aromatic amines is 1. The number of aliphatic carboxylic acids is 3. The predicted molar refractivity (Wildman–Crippen MR) is 218 cm³/mol. The first-order chi connectivity index (χ1) is 29.2. The van der Waals surface area contributed by atoms with Crippen LogP contribution in [0.3, 0.4) is 0 Å². The second-order valence-electron chi connectivity index (χ2n) is 14.2. The van der Waals surface area contributed by atoms with Crippen molar-refractivity contribution in [3.8, 4) is 0 Å². The summed E-state index contributed by atoms with van der Waals surface area (Å²) >= 11 is 0. The molecule has 23 heteroatoms. The van der Waals surface area contributed by atoms with Crippen LogP contribution in [0.25, 0.3) is 11.2 Å². The van der Waals surface area contributed by atoms with E-state index < -0.39 is 35.4 Å². The van der Waals surface area contributed by atoms with Gasteiger partial charge in [0.2, 0.25) is 11.9 Å². The van der Waals surface area contributed by atoms with Crippen LogP contribution in [0.5, 0.6) is 0 Å². The third kappa shape index (κ3) is 17.5. The number of nitrogens with one attached hydrogen (secondary N) is 4. The number of ether oxygens (including phenoxy) is 2. The maximum Gasteiger partial charge on any atom is 0.326 e. The number of anilines is 2. The molecule has 1 aromatic carbocycles. The second-order valence-corrected chi connectivity index (χ2v) is 14.2. The summed E-state index contributed by atoms with van der Waals surface area (Å²) < 4.78 is 11.0. The Kier molecular flexibility index (Phi) is 19.3. The van der Waals surface area contributed by atoms with Crippen LogP contribution in [0.1, 0.15) is 41.7 Å². The maximum absolute atomic E-state index is 12.8. The smallest absolute Gasteiger partial charge is 0.326 e. The molecule has 0 aliphatic carbocycles.